The van der Waals surface area contributed by atoms with Crippen LogP contribution in [0, 0.1) is 13.8 Å². The minimum Gasteiger partial charge on any atom is -0.497 e. The highest BCUT2D eigenvalue weighted by Gasteiger charge is 2.24. The maximum absolute atomic E-state index is 12.9. The molecule has 0 radical (unpaired) electrons. The predicted molar refractivity (Wildman–Crippen MR) is 115 cm³/mol. The zero-order valence-corrected chi connectivity index (χ0v) is 18.2. The van der Waals surface area contributed by atoms with Gasteiger partial charge in [-0.25, -0.2) is 9.50 Å². The Morgan fingerprint density at radius 1 is 1.23 bits per heavy atom. The lowest BCUT2D eigenvalue weighted by molar-refractivity contribution is -0.120. The lowest BCUT2D eigenvalue weighted by Crippen LogP contribution is -2.44. The molecular weight excluding hydrogens is 396 g/mol. The Morgan fingerprint density at radius 3 is 2.68 bits per heavy atom. The third-order valence-electron chi connectivity index (χ3n) is 5.81. The maximum atomic E-state index is 12.9. The minimum absolute atomic E-state index is 0.0424. The quantitative estimate of drug-likeness (QED) is 0.614. The molecule has 1 amide bonds. The van der Waals surface area contributed by atoms with E-state index in [-0.39, 0.29) is 18.4 Å². The second-order valence-electron chi connectivity index (χ2n) is 7.65. The van der Waals surface area contributed by atoms with E-state index in [0.717, 1.165) is 41.4 Å². The van der Waals surface area contributed by atoms with Crippen LogP contribution in [0.5, 0.6) is 5.75 Å². The monoisotopic (exact) mass is 424 g/mol. The van der Waals surface area contributed by atoms with E-state index < -0.39 is 0 Å². The molecule has 0 unspecified atom stereocenters. The number of morpholine rings is 1. The summed E-state index contributed by atoms with van der Waals surface area (Å²) in [6.45, 7) is 7.41. The summed E-state index contributed by atoms with van der Waals surface area (Å²) in [5, 5.41) is 7.33. The van der Waals surface area contributed by atoms with Crippen molar-refractivity contribution in [3.05, 3.63) is 53.1 Å². The molecule has 1 atom stereocenters. The largest absolute Gasteiger partial charge is 0.497 e. The summed E-state index contributed by atoms with van der Waals surface area (Å²) in [5.74, 6) is 1.32. The summed E-state index contributed by atoms with van der Waals surface area (Å²) >= 11 is 0. The van der Waals surface area contributed by atoms with Gasteiger partial charge < -0.3 is 14.8 Å². The Balaban J connectivity index is 1.48. The fraction of sp³-hybridized carbons (Fsp3) is 0.455. The van der Waals surface area contributed by atoms with Crippen LogP contribution in [0.3, 0.4) is 0 Å². The first-order valence-electron chi connectivity index (χ1n) is 10.4. The molecule has 164 valence electrons. The molecule has 2 aromatic heterocycles. The Labute approximate surface area is 181 Å². The van der Waals surface area contributed by atoms with E-state index in [1.807, 2.05) is 26.0 Å². The number of nitrogens with one attached hydrogen (secondary N) is 1. The molecule has 1 aliphatic heterocycles. The molecular formula is C22H28N6O3. The number of nitrogens with zero attached hydrogens (tertiary/aromatic N) is 5. The third kappa shape index (κ3) is 4.67. The number of aryl methyl sites for hydroxylation is 2. The lowest BCUT2D eigenvalue weighted by atomic mass is 10.0. The number of carbonyl (C=O) groups is 1. The molecule has 1 aromatic carbocycles. The van der Waals surface area contributed by atoms with Crippen molar-refractivity contribution in [2.45, 2.75) is 26.3 Å². The van der Waals surface area contributed by atoms with E-state index in [0.29, 0.717) is 25.5 Å². The van der Waals surface area contributed by atoms with Gasteiger partial charge in [0, 0.05) is 36.6 Å². The normalized spacial score (nSPS) is 15.7. The fourth-order valence-electron chi connectivity index (χ4n) is 4.02. The van der Waals surface area contributed by atoms with Crippen molar-refractivity contribution in [3.8, 4) is 5.75 Å². The van der Waals surface area contributed by atoms with Crippen molar-refractivity contribution in [2.75, 3.05) is 40.0 Å². The summed E-state index contributed by atoms with van der Waals surface area (Å²) in [7, 11) is 1.66. The standard InChI is InChI=1S/C22H28N6O3/c1-15-19(16(2)28-22(26-15)24-14-25-28)12-21(29)23-13-20(27-8-10-31-11-9-27)17-4-6-18(30-3)7-5-17/h4-7,14,20H,8-13H2,1-3H3,(H,23,29)/t20-/m0/s1. The number of amides is 1. The van der Waals surface area contributed by atoms with Crippen LogP contribution in [0.15, 0.2) is 30.6 Å². The van der Waals surface area contributed by atoms with E-state index in [1.165, 1.54) is 6.33 Å². The van der Waals surface area contributed by atoms with Crippen molar-refractivity contribution < 1.29 is 14.3 Å². The van der Waals surface area contributed by atoms with Gasteiger partial charge in [0.15, 0.2) is 0 Å². The molecule has 3 aromatic rings. The number of aromatic nitrogens is 4. The molecule has 1 fully saturated rings. The summed E-state index contributed by atoms with van der Waals surface area (Å²) in [5.41, 5.74) is 3.70. The highest BCUT2D eigenvalue weighted by Crippen LogP contribution is 2.24. The molecule has 0 spiro atoms. The van der Waals surface area contributed by atoms with Crippen LogP contribution in [-0.4, -0.2) is 70.3 Å². The number of ether oxygens (including phenoxy) is 2. The van der Waals surface area contributed by atoms with Crippen molar-refractivity contribution in [1.82, 2.24) is 29.8 Å². The van der Waals surface area contributed by atoms with Gasteiger partial charge in [0.1, 0.15) is 12.1 Å². The Bertz CT molecular complexity index is 1040. The summed E-state index contributed by atoms with van der Waals surface area (Å²) in [6.07, 6.45) is 1.72. The highest BCUT2D eigenvalue weighted by molar-refractivity contribution is 5.79. The van der Waals surface area contributed by atoms with Gasteiger partial charge in [-0.1, -0.05) is 12.1 Å². The summed E-state index contributed by atoms with van der Waals surface area (Å²) in [4.78, 5) is 23.8. The maximum Gasteiger partial charge on any atom is 0.252 e. The van der Waals surface area contributed by atoms with Gasteiger partial charge >= 0.3 is 0 Å². The molecule has 9 heteroatoms. The SMILES string of the molecule is COc1ccc([C@H](CNC(=O)Cc2c(C)nc3ncnn3c2C)N2CCOCC2)cc1. The number of benzene rings is 1. The van der Waals surface area contributed by atoms with Gasteiger partial charge in [0.05, 0.1) is 32.8 Å². The third-order valence-corrected chi connectivity index (χ3v) is 5.81. The zero-order valence-electron chi connectivity index (χ0n) is 18.2. The van der Waals surface area contributed by atoms with Crippen LogP contribution < -0.4 is 10.1 Å². The smallest absolute Gasteiger partial charge is 0.252 e. The van der Waals surface area contributed by atoms with Crippen LogP contribution in [0.25, 0.3) is 5.78 Å². The number of methoxy groups -OCH3 is 1. The highest BCUT2D eigenvalue weighted by atomic mass is 16.5. The van der Waals surface area contributed by atoms with Gasteiger partial charge in [0.2, 0.25) is 5.91 Å². The van der Waals surface area contributed by atoms with Gasteiger partial charge in [-0.3, -0.25) is 9.69 Å². The fourth-order valence-corrected chi connectivity index (χ4v) is 4.02. The van der Waals surface area contributed by atoms with E-state index >= 15 is 0 Å². The lowest BCUT2D eigenvalue weighted by Gasteiger charge is -2.35. The molecule has 1 aliphatic rings. The van der Waals surface area contributed by atoms with Crippen LogP contribution in [-0.2, 0) is 16.0 Å². The van der Waals surface area contributed by atoms with E-state index in [9.17, 15) is 4.79 Å². The molecule has 0 saturated carbocycles. The van der Waals surface area contributed by atoms with Gasteiger partial charge in [-0.15, -0.1) is 0 Å². The Hall–Kier alpha value is -3.04. The van der Waals surface area contributed by atoms with Crippen LogP contribution in [0.1, 0.15) is 28.6 Å². The topological polar surface area (TPSA) is 93.9 Å². The van der Waals surface area contributed by atoms with Crippen molar-refractivity contribution in [1.29, 1.82) is 0 Å². The average molecular weight is 425 g/mol. The molecule has 9 nitrogen and oxygen atoms in total. The van der Waals surface area contributed by atoms with Crippen LogP contribution in [0.4, 0.5) is 0 Å². The molecule has 0 bridgehead atoms. The van der Waals surface area contributed by atoms with Gasteiger partial charge in [-0.2, -0.15) is 10.1 Å². The first kappa shape index (κ1) is 21.2. The number of hydrogen-bond donors (Lipinski definition) is 1. The van der Waals surface area contributed by atoms with Crippen LogP contribution in [0.2, 0.25) is 0 Å². The molecule has 4 rings (SSSR count). The molecule has 1 saturated heterocycles. The van der Waals surface area contributed by atoms with Gasteiger partial charge in [0.25, 0.3) is 5.78 Å². The molecule has 0 aliphatic carbocycles. The van der Waals surface area contributed by atoms with Gasteiger partial charge in [-0.05, 0) is 31.5 Å². The minimum atomic E-state index is -0.0424. The Kier molecular flexibility index (Phi) is 6.43. The molecule has 31 heavy (non-hydrogen) atoms. The number of rotatable bonds is 7. The molecule has 3 heterocycles. The van der Waals surface area contributed by atoms with Crippen molar-refractivity contribution in [3.63, 3.8) is 0 Å². The Morgan fingerprint density at radius 2 is 1.97 bits per heavy atom. The van der Waals surface area contributed by atoms with Crippen LogP contribution >= 0.6 is 0 Å². The first-order chi connectivity index (χ1) is 15.1. The second kappa shape index (κ2) is 9.40. The van der Waals surface area contributed by atoms with E-state index in [2.05, 4.69) is 37.4 Å². The van der Waals surface area contributed by atoms with Crippen molar-refractivity contribution >= 4 is 11.7 Å². The first-order valence-corrected chi connectivity index (χ1v) is 10.4. The predicted octanol–water partition coefficient (Wildman–Crippen LogP) is 1.48. The number of hydrogen-bond acceptors (Lipinski definition) is 7. The summed E-state index contributed by atoms with van der Waals surface area (Å²) in [6, 6.07) is 8.09. The van der Waals surface area contributed by atoms with E-state index in [4.69, 9.17) is 9.47 Å². The van der Waals surface area contributed by atoms with Crippen molar-refractivity contribution in [2.24, 2.45) is 0 Å². The average Bonchev–Trinajstić information content (AvgIpc) is 3.26. The number of carbonyl (C=O) groups excluding carboxylic acids is 1. The second-order valence-corrected chi connectivity index (χ2v) is 7.65. The zero-order chi connectivity index (χ0) is 21.8. The summed E-state index contributed by atoms with van der Waals surface area (Å²) < 4.78 is 12.5. The number of fused-ring (bicyclic) bond motifs is 1. The van der Waals surface area contributed by atoms with E-state index in [1.54, 1.807) is 11.6 Å². The molecule has 1 N–H and O–H groups in total.